The number of methoxy groups -OCH3 is 1. The molecule has 0 spiro atoms. The first-order valence-corrected chi connectivity index (χ1v) is 6.93. The van der Waals surface area contributed by atoms with E-state index in [4.69, 9.17) is 21.7 Å². The van der Waals surface area contributed by atoms with Crippen molar-refractivity contribution in [3.8, 4) is 0 Å². The molecule has 0 unspecified atom stereocenters. The average Bonchev–Trinajstić information content (AvgIpc) is 2.43. The van der Waals surface area contributed by atoms with Gasteiger partial charge in [0.15, 0.2) is 5.11 Å². The minimum atomic E-state index is -0.489. The van der Waals surface area contributed by atoms with Crippen LogP contribution in [0.1, 0.15) is 32.6 Å². The summed E-state index contributed by atoms with van der Waals surface area (Å²) in [5.41, 5.74) is 4.73. The Morgan fingerprint density at radius 1 is 1.00 bits per heavy atom. The quantitative estimate of drug-likeness (QED) is 0.246. The molecule has 0 aliphatic carbocycles. The van der Waals surface area contributed by atoms with Gasteiger partial charge in [0.05, 0.1) is 13.0 Å². The minimum Gasteiger partial charge on any atom is -0.463 e. The molecule has 0 aliphatic heterocycles. The molecule has 2 amide bonds. The van der Waals surface area contributed by atoms with Gasteiger partial charge in [-0.15, -0.1) is 0 Å². The number of nitrogens with one attached hydrogen (secondary N) is 3. The molecule has 0 atom stereocenters. The smallest absolute Gasteiger partial charge is 0.306 e. The van der Waals surface area contributed by atoms with Gasteiger partial charge in [0.25, 0.3) is 0 Å². The lowest BCUT2D eigenvalue weighted by molar-refractivity contribution is -0.146. The van der Waals surface area contributed by atoms with Crippen LogP contribution in [0.25, 0.3) is 0 Å². The number of rotatable bonds is 8. The van der Waals surface area contributed by atoms with E-state index in [1.54, 1.807) is 0 Å². The molecule has 0 fully saturated rings. The zero-order chi connectivity index (χ0) is 16.1. The summed E-state index contributed by atoms with van der Waals surface area (Å²) in [6, 6.07) is 0. The number of carbonyl (C=O) groups is 3. The van der Waals surface area contributed by atoms with Crippen LogP contribution in [-0.2, 0) is 23.9 Å². The molecule has 0 bridgehead atoms. The molecule has 0 aromatic rings. The Bertz CT molecular complexity index is 376. The van der Waals surface area contributed by atoms with Gasteiger partial charge in [-0.1, -0.05) is 6.92 Å². The Kier molecular flexibility index (Phi) is 11.0. The van der Waals surface area contributed by atoms with Gasteiger partial charge in [0, 0.05) is 20.0 Å². The van der Waals surface area contributed by atoms with Gasteiger partial charge < -0.3 is 14.8 Å². The Hall–Kier alpha value is -1.74. The fourth-order valence-electron chi connectivity index (χ4n) is 1.16. The summed E-state index contributed by atoms with van der Waals surface area (Å²) < 4.78 is 9.51. The Labute approximate surface area is 128 Å². The van der Waals surface area contributed by atoms with Crippen molar-refractivity contribution in [3.63, 3.8) is 0 Å². The highest BCUT2D eigenvalue weighted by atomic mass is 32.1. The number of hydrazine groups is 1. The van der Waals surface area contributed by atoms with E-state index in [1.165, 1.54) is 7.11 Å². The average molecular weight is 319 g/mol. The molecule has 0 aromatic carbocycles. The molecule has 0 saturated heterocycles. The zero-order valence-corrected chi connectivity index (χ0v) is 13.0. The molecule has 3 N–H and O–H groups in total. The molecule has 0 saturated carbocycles. The second-order valence-electron chi connectivity index (χ2n) is 4.01. The van der Waals surface area contributed by atoms with E-state index < -0.39 is 11.9 Å². The summed E-state index contributed by atoms with van der Waals surface area (Å²) in [7, 11) is 1.49. The lowest BCUT2D eigenvalue weighted by Gasteiger charge is -2.10. The Balaban J connectivity index is 3.75. The third-order valence-corrected chi connectivity index (χ3v) is 2.36. The largest absolute Gasteiger partial charge is 0.463 e. The second-order valence-corrected chi connectivity index (χ2v) is 4.42. The molecule has 0 radical (unpaired) electrons. The van der Waals surface area contributed by atoms with Crippen molar-refractivity contribution in [2.75, 3.05) is 20.3 Å². The molecule has 21 heavy (non-hydrogen) atoms. The zero-order valence-electron chi connectivity index (χ0n) is 12.2. The molecule has 0 rings (SSSR count). The molecule has 0 heterocycles. The van der Waals surface area contributed by atoms with Crippen LogP contribution in [0, 0.1) is 0 Å². The van der Waals surface area contributed by atoms with Gasteiger partial charge >= 0.3 is 5.97 Å². The number of esters is 1. The molecule has 0 aromatic heterocycles. The van der Waals surface area contributed by atoms with E-state index >= 15 is 0 Å². The van der Waals surface area contributed by atoms with Crippen LogP contribution in [0.5, 0.6) is 0 Å². The standard InChI is InChI=1S/C12H21N3O5S/c1-3-4-10(17)14-15-12(21)13-9(16)5-6-11(18)20-8-7-19-2/h3-8H2,1-2H3,(H,14,17)(H2,13,15,16,21). The van der Waals surface area contributed by atoms with Crippen molar-refractivity contribution in [1.82, 2.24) is 16.2 Å². The maximum Gasteiger partial charge on any atom is 0.306 e. The van der Waals surface area contributed by atoms with Crippen LogP contribution < -0.4 is 16.2 Å². The van der Waals surface area contributed by atoms with Crippen molar-refractivity contribution in [3.05, 3.63) is 0 Å². The van der Waals surface area contributed by atoms with Gasteiger partial charge in [0.2, 0.25) is 11.8 Å². The van der Waals surface area contributed by atoms with E-state index in [0.717, 1.165) is 0 Å². The van der Waals surface area contributed by atoms with E-state index in [1.807, 2.05) is 6.92 Å². The number of ether oxygens (including phenoxy) is 2. The number of amides is 2. The van der Waals surface area contributed by atoms with Gasteiger partial charge in [0.1, 0.15) is 6.61 Å². The van der Waals surface area contributed by atoms with Crippen molar-refractivity contribution in [1.29, 1.82) is 0 Å². The van der Waals surface area contributed by atoms with Crippen LogP contribution in [0.15, 0.2) is 0 Å². The summed E-state index contributed by atoms with van der Waals surface area (Å²) in [5, 5.41) is 2.30. The summed E-state index contributed by atoms with van der Waals surface area (Å²) in [5.74, 6) is -1.16. The first-order valence-electron chi connectivity index (χ1n) is 6.52. The molecule has 9 heteroatoms. The third kappa shape index (κ3) is 11.8. The maximum absolute atomic E-state index is 11.5. The normalized spacial score (nSPS) is 9.62. The Morgan fingerprint density at radius 3 is 2.33 bits per heavy atom. The van der Waals surface area contributed by atoms with Crippen molar-refractivity contribution in [2.45, 2.75) is 32.6 Å². The van der Waals surface area contributed by atoms with Gasteiger partial charge in [-0.25, -0.2) is 0 Å². The number of carbonyl (C=O) groups excluding carboxylic acids is 3. The first-order chi connectivity index (χ1) is 9.99. The summed E-state index contributed by atoms with van der Waals surface area (Å²) in [4.78, 5) is 33.9. The SMILES string of the molecule is CCCC(=O)NNC(=S)NC(=O)CCC(=O)OCCOC. The number of hydrogen-bond donors (Lipinski definition) is 3. The lowest BCUT2D eigenvalue weighted by Crippen LogP contribution is -2.48. The highest BCUT2D eigenvalue weighted by Gasteiger charge is 2.09. The number of hydrogen-bond acceptors (Lipinski definition) is 6. The number of thiocarbonyl (C=S) groups is 1. The summed E-state index contributed by atoms with van der Waals surface area (Å²) >= 11 is 4.81. The fourth-order valence-corrected chi connectivity index (χ4v) is 1.33. The van der Waals surface area contributed by atoms with Gasteiger partial charge in [-0.05, 0) is 18.6 Å². The van der Waals surface area contributed by atoms with E-state index in [-0.39, 0.29) is 30.5 Å². The first kappa shape index (κ1) is 19.3. The van der Waals surface area contributed by atoms with E-state index in [9.17, 15) is 14.4 Å². The minimum absolute atomic E-state index is 0.0304. The third-order valence-electron chi connectivity index (χ3n) is 2.15. The summed E-state index contributed by atoms with van der Waals surface area (Å²) in [6.45, 7) is 2.33. The predicted molar refractivity (Wildman–Crippen MR) is 79.0 cm³/mol. The van der Waals surface area contributed by atoms with Crippen LogP contribution in [0.3, 0.4) is 0 Å². The van der Waals surface area contributed by atoms with Crippen LogP contribution in [0.4, 0.5) is 0 Å². The van der Waals surface area contributed by atoms with Gasteiger partial charge in [-0.3, -0.25) is 25.2 Å². The van der Waals surface area contributed by atoms with Crippen molar-refractivity contribution < 1.29 is 23.9 Å². The van der Waals surface area contributed by atoms with E-state index in [0.29, 0.717) is 19.4 Å². The van der Waals surface area contributed by atoms with Crippen LogP contribution >= 0.6 is 12.2 Å². The molecule has 0 aliphatic rings. The van der Waals surface area contributed by atoms with Gasteiger partial charge in [-0.2, -0.15) is 0 Å². The molecule has 120 valence electrons. The fraction of sp³-hybridized carbons (Fsp3) is 0.667. The van der Waals surface area contributed by atoms with E-state index in [2.05, 4.69) is 16.2 Å². The predicted octanol–water partition coefficient (Wildman–Crippen LogP) is -0.222. The second kappa shape index (κ2) is 12.0. The highest BCUT2D eigenvalue weighted by molar-refractivity contribution is 7.80. The lowest BCUT2D eigenvalue weighted by atomic mass is 10.3. The highest BCUT2D eigenvalue weighted by Crippen LogP contribution is 1.93. The Morgan fingerprint density at radius 2 is 1.71 bits per heavy atom. The summed E-state index contributed by atoms with van der Waals surface area (Å²) in [6.07, 6.45) is 0.950. The van der Waals surface area contributed by atoms with Crippen LogP contribution in [0.2, 0.25) is 0 Å². The topological polar surface area (TPSA) is 106 Å². The maximum atomic E-state index is 11.5. The van der Waals surface area contributed by atoms with Crippen molar-refractivity contribution in [2.24, 2.45) is 0 Å². The molecule has 8 nitrogen and oxygen atoms in total. The monoisotopic (exact) mass is 319 g/mol. The molecular weight excluding hydrogens is 298 g/mol. The molecular formula is C12H21N3O5S. The van der Waals surface area contributed by atoms with Crippen LogP contribution in [-0.4, -0.2) is 43.2 Å². The van der Waals surface area contributed by atoms with Crippen molar-refractivity contribution >= 4 is 35.1 Å².